The highest BCUT2D eigenvalue weighted by atomic mass is 79.9. The monoisotopic (exact) mass is 319 g/mol. The SMILES string of the molecule is CC(C)c1cccc(Oc2cc(Br)ccc2CN)c1. The lowest BCUT2D eigenvalue weighted by Gasteiger charge is -2.12. The zero-order valence-corrected chi connectivity index (χ0v) is 12.8. The van der Waals surface area contributed by atoms with E-state index in [-0.39, 0.29) is 0 Å². The van der Waals surface area contributed by atoms with Crippen molar-refractivity contribution in [1.29, 1.82) is 0 Å². The standard InChI is InChI=1S/C16H18BrNO/c1-11(2)12-4-3-5-15(8-12)19-16-9-14(17)7-6-13(16)10-18/h3-9,11H,10,18H2,1-2H3. The first-order chi connectivity index (χ1) is 9.10. The van der Waals surface area contributed by atoms with Gasteiger partial charge in [0.2, 0.25) is 0 Å². The molecule has 2 rings (SSSR count). The molecular weight excluding hydrogens is 302 g/mol. The fraction of sp³-hybridized carbons (Fsp3) is 0.250. The van der Waals surface area contributed by atoms with E-state index < -0.39 is 0 Å². The minimum Gasteiger partial charge on any atom is -0.457 e. The molecule has 0 unspecified atom stereocenters. The Morgan fingerprint density at radius 1 is 1.16 bits per heavy atom. The third-order valence-corrected chi connectivity index (χ3v) is 3.49. The molecule has 0 fully saturated rings. The Morgan fingerprint density at radius 2 is 1.95 bits per heavy atom. The van der Waals surface area contributed by atoms with Gasteiger partial charge in [-0.3, -0.25) is 0 Å². The molecule has 0 aliphatic heterocycles. The van der Waals surface area contributed by atoms with Gasteiger partial charge in [0.15, 0.2) is 0 Å². The molecule has 0 aliphatic rings. The lowest BCUT2D eigenvalue weighted by atomic mass is 10.0. The first-order valence-corrected chi connectivity index (χ1v) is 7.15. The van der Waals surface area contributed by atoms with Gasteiger partial charge in [0.05, 0.1) is 0 Å². The molecule has 2 nitrogen and oxygen atoms in total. The minimum absolute atomic E-state index is 0.465. The second kappa shape index (κ2) is 6.22. The Kier molecular flexibility index (Phi) is 4.61. The van der Waals surface area contributed by atoms with Crippen molar-refractivity contribution in [3.8, 4) is 11.5 Å². The highest BCUT2D eigenvalue weighted by Crippen LogP contribution is 2.30. The number of hydrogen-bond donors (Lipinski definition) is 1. The van der Waals surface area contributed by atoms with Crippen molar-refractivity contribution in [1.82, 2.24) is 0 Å². The van der Waals surface area contributed by atoms with E-state index in [9.17, 15) is 0 Å². The first kappa shape index (κ1) is 14.1. The molecule has 3 heteroatoms. The summed E-state index contributed by atoms with van der Waals surface area (Å²) in [5.74, 6) is 2.14. The van der Waals surface area contributed by atoms with Crippen LogP contribution in [0.1, 0.15) is 30.9 Å². The topological polar surface area (TPSA) is 35.2 Å². The maximum atomic E-state index is 5.96. The molecule has 0 aromatic heterocycles. The van der Waals surface area contributed by atoms with Crippen molar-refractivity contribution >= 4 is 15.9 Å². The summed E-state index contributed by atoms with van der Waals surface area (Å²) in [6, 6.07) is 14.1. The van der Waals surface area contributed by atoms with E-state index >= 15 is 0 Å². The van der Waals surface area contributed by atoms with Crippen molar-refractivity contribution in [2.24, 2.45) is 5.73 Å². The number of nitrogens with two attached hydrogens (primary N) is 1. The Labute approximate surface area is 122 Å². The van der Waals surface area contributed by atoms with E-state index in [0.29, 0.717) is 12.5 Å². The van der Waals surface area contributed by atoms with Gasteiger partial charge >= 0.3 is 0 Å². The molecule has 2 aromatic carbocycles. The molecule has 2 N–H and O–H groups in total. The van der Waals surface area contributed by atoms with Crippen molar-refractivity contribution in [2.45, 2.75) is 26.3 Å². The minimum atomic E-state index is 0.465. The van der Waals surface area contributed by atoms with E-state index in [1.165, 1.54) is 5.56 Å². The predicted octanol–water partition coefficient (Wildman–Crippen LogP) is 4.82. The molecule has 0 saturated heterocycles. The zero-order chi connectivity index (χ0) is 13.8. The molecule has 0 amide bonds. The van der Waals surface area contributed by atoms with Crippen LogP contribution in [0.5, 0.6) is 11.5 Å². The molecule has 0 atom stereocenters. The van der Waals surface area contributed by atoms with Gasteiger partial charge < -0.3 is 10.5 Å². The van der Waals surface area contributed by atoms with Crippen LogP contribution in [0.15, 0.2) is 46.9 Å². The van der Waals surface area contributed by atoms with Crippen LogP contribution in [-0.4, -0.2) is 0 Å². The Morgan fingerprint density at radius 3 is 2.63 bits per heavy atom. The van der Waals surface area contributed by atoms with E-state index in [1.54, 1.807) is 0 Å². The van der Waals surface area contributed by atoms with Gasteiger partial charge in [-0.15, -0.1) is 0 Å². The number of rotatable bonds is 4. The molecule has 19 heavy (non-hydrogen) atoms. The highest BCUT2D eigenvalue weighted by molar-refractivity contribution is 9.10. The molecule has 0 bridgehead atoms. The number of halogens is 1. The van der Waals surface area contributed by atoms with Crippen molar-refractivity contribution < 1.29 is 4.74 Å². The van der Waals surface area contributed by atoms with Crippen LogP contribution in [-0.2, 0) is 6.54 Å². The summed E-state index contributed by atoms with van der Waals surface area (Å²) >= 11 is 3.46. The van der Waals surface area contributed by atoms with E-state index in [4.69, 9.17) is 10.5 Å². The quantitative estimate of drug-likeness (QED) is 0.876. The summed E-state index contributed by atoms with van der Waals surface area (Å²) < 4.78 is 6.95. The Balaban J connectivity index is 2.30. The second-order valence-corrected chi connectivity index (χ2v) is 5.70. The summed E-state index contributed by atoms with van der Waals surface area (Å²) in [5, 5.41) is 0. The third-order valence-electron chi connectivity index (χ3n) is 3.00. The number of hydrogen-bond acceptors (Lipinski definition) is 2. The van der Waals surface area contributed by atoms with E-state index in [1.807, 2.05) is 30.3 Å². The number of benzene rings is 2. The van der Waals surface area contributed by atoms with Crippen LogP contribution in [0.4, 0.5) is 0 Å². The van der Waals surface area contributed by atoms with Gasteiger partial charge in [0.1, 0.15) is 11.5 Å². The van der Waals surface area contributed by atoms with Crippen molar-refractivity contribution in [2.75, 3.05) is 0 Å². The van der Waals surface area contributed by atoms with Crippen LogP contribution in [0.25, 0.3) is 0 Å². The van der Waals surface area contributed by atoms with Crippen LogP contribution < -0.4 is 10.5 Å². The van der Waals surface area contributed by atoms with Crippen LogP contribution in [0.2, 0.25) is 0 Å². The Hall–Kier alpha value is -1.32. The largest absolute Gasteiger partial charge is 0.457 e. The van der Waals surface area contributed by atoms with Crippen LogP contribution in [0.3, 0.4) is 0 Å². The fourth-order valence-electron chi connectivity index (χ4n) is 1.86. The van der Waals surface area contributed by atoms with Crippen molar-refractivity contribution in [3.05, 3.63) is 58.1 Å². The summed E-state index contributed by atoms with van der Waals surface area (Å²) in [6.45, 7) is 4.81. The van der Waals surface area contributed by atoms with E-state index in [0.717, 1.165) is 21.5 Å². The van der Waals surface area contributed by atoms with Gasteiger partial charge in [-0.1, -0.05) is 48.0 Å². The molecular formula is C16H18BrNO. The van der Waals surface area contributed by atoms with Crippen LogP contribution >= 0.6 is 15.9 Å². The van der Waals surface area contributed by atoms with Gasteiger partial charge in [0.25, 0.3) is 0 Å². The number of ether oxygens (including phenoxy) is 1. The average Bonchev–Trinajstić information content (AvgIpc) is 2.39. The molecule has 0 radical (unpaired) electrons. The van der Waals surface area contributed by atoms with Gasteiger partial charge in [-0.2, -0.15) is 0 Å². The van der Waals surface area contributed by atoms with Gasteiger partial charge in [-0.05, 0) is 35.7 Å². The molecule has 100 valence electrons. The summed E-state index contributed by atoms with van der Waals surface area (Å²) in [7, 11) is 0. The molecule has 0 heterocycles. The lowest BCUT2D eigenvalue weighted by molar-refractivity contribution is 0.475. The fourth-order valence-corrected chi connectivity index (χ4v) is 2.20. The second-order valence-electron chi connectivity index (χ2n) is 4.79. The molecule has 0 spiro atoms. The van der Waals surface area contributed by atoms with Gasteiger partial charge in [-0.25, -0.2) is 0 Å². The van der Waals surface area contributed by atoms with Crippen LogP contribution in [0, 0.1) is 0 Å². The normalized spacial score (nSPS) is 10.8. The van der Waals surface area contributed by atoms with Gasteiger partial charge in [0, 0.05) is 16.6 Å². The maximum Gasteiger partial charge on any atom is 0.133 e. The molecule has 0 aliphatic carbocycles. The lowest BCUT2D eigenvalue weighted by Crippen LogP contribution is -1.99. The predicted molar refractivity (Wildman–Crippen MR) is 82.6 cm³/mol. The average molecular weight is 320 g/mol. The smallest absolute Gasteiger partial charge is 0.133 e. The summed E-state index contributed by atoms with van der Waals surface area (Å²) in [5.41, 5.74) is 8.00. The molecule has 0 saturated carbocycles. The summed E-state index contributed by atoms with van der Waals surface area (Å²) in [6.07, 6.45) is 0. The third kappa shape index (κ3) is 3.58. The zero-order valence-electron chi connectivity index (χ0n) is 11.2. The summed E-state index contributed by atoms with van der Waals surface area (Å²) in [4.78, 5) is 0. The van der Waals surface area contributed by atoms with E-state index in [2.05, 4.69) is 41.9 Å². The van der Waals surface area contributed by atoms with Crippen molar-refractivity contribution in [3.63, 3.8) is 0 Å². The maximum absolute atomic E-state index is 5.96. The highest BCUT2D eigenvalue weighted by Gasteiger charge is 2.06. The Bertz CT molecular complexity index is 566. The first-order valence-electron chi connectivity index (χ1n) is 6.36. The molecule has 2 aromatic rings.